The molecule has 0 radical (unpaired) electrons. The molecular weight excluding hydrogens is 274 g/mol. The average molecular weight is 286 g/mol. The molecule has 0 unspecified atom stereocenters. The van der Waals surface area contributed by atoms with E-state index in [1.165, 1.54) is 0 Å². The smallest absolute Gasteiger partial charge is 0.125 e. The molecule has 0 aliphatic rings. The van der Waals surface area contributed by atoms with E-state index in [0.717, 1.165) is 32.8 Å². The van der Waals surface area contributed by atoms with Gasteiger partial charge in [0.05, 0.1) is 9.48 Å². The third-order valence-corrected chi connectivity index (χ3v) is 3.89. The highest BCUT2D eigenvalue weighted by molar-refractivity contribution is 9.11. The summed E-state index contributed by atoms with van der Waals surface area (Å²) in [6, 6.07) is 2.08. The summed E-state index contributed by atoms with van der Waals surface area (Å²) in [4.78, 5) is 0. The lowest BCUT2D eigenvalue weighted by Gasteiger charge is -1.97. The van der Waals surface area contributed by atoms with Crippen molar-refractivity contribution in [2.75, 3.05) is 5.73 Å². The van der Waals surface area contributed by atoms with E-state index in [1.807, 2.05) is 7.05 Å². The van der Waals surface area contributed by atoms with Crippen molar-refractivity contribution in [3.63, 3.8) is 0 Å². The minimum atomic E-state index is 0.759. The van der Waals surface area contributed by atoms with E-state index in [1.54, 1.807) is 16.0 Å². The number of hydrogen-bond acceptors (Lipinski definition) is 3. The Morgan fingerprint density at radius 3 is 2.87 bits per heavy atom. The summed E-state index contributed by atoms with van der Waals surface area (Å²) in [6.07, 6.45) is 0.905. The van der Waals surface area contributed by atoms with Crippen molar-refractivity contribution in [1.82, 2.24) is 9.78 Å². The molecule has 0 spiro atoms. The monoisotopic (exact) mass is 285 g/mol. The Morgan fingerprint density at radius 2 is 2.33 bits per heavy atom. The Hall–Kier alpha value is -0.810. The van der Waals surface area contributed by atoms with E-state index in [0.29, 0.717) is 0 Å². The molecule has 0 bridgehead atoms. The van der Waals surface area contributed by atoms with E-state index in [-0.39, 0.29) is 0 Å². The topological polar surface area (TPSA) is 43.8 Å². The van der Waals surface area contributed by atoms with Crippen molar-refractivity contribution in [1.29, 1.82) is 0 Å². The summed E-state index contributed by atoms with van der Waals surface area (Å²) in [6.45, 7) is 2.10. The van der Waals surface area contributed by atoms with Gasteiger partial charge in [0.1, 0.15) is 5.82 Å². The molecule has 0 fully saturated rings. The highest BCUT2D eigenvalue weighted by Crippen LogP contribution is 2.32. The molecular formula is C10H12BrN3S. The van der Waals surface area contributed by atoms with Gasteiger partial charge in [0.25, 0.3) is 0 Å². The highest BCUT2D eigenvalue weighted by atomic mass is 79.9. The first-order chi connectivity index (χ1) is 7.13. The number of hydrogen-bond donors (Lipinski definition) is 1. The summed E-state index contributed by atoms with van der Waals surface area (Å²) in [5.41, 5.74) is 9.21. The number of nitrogens with zero attached hydrogens (tertiary/aromatic N) is 2. The quantitative estimate of drug-likeness (QED) is 0.922. The Morgan fingerprint density at radius 1 is 1.60 bits per heavy atom. The zero-order valence-corrected chi connectivity index (χ0v) is 11.0. The summed E-state index contributed by atoms with van der Waals surface area (Å²) < 4.78 is 2.85. The van der Waals surface area contributed by atoms with Crippen LogP contribution in [-0.4, -0.2) is 9.78 Å². The lowest BCUT2D eigenvalue weighted by Crippen LogP contribution is -1.98. The van der Waals surface area contributed by atoms with Gasteiger partial charge in [-0.15, -0.1) is 11.3 Å². The van der Waals surface area contributed by atoms with Gasteiger partial charge < -0.3 is 5.73 Å². The molecule has 0 saturated heterocycles. The minimum Gasteiger partial charge on any atom is -0.384 e. The second-order valence-corrected chi connectivity index (χ2v) is 5.62. The maximum absolute atomic E-state index is 5.95. The number of rotatable bonds is 2. The molecule has 2 rings (SSSR count). The maximum Gasteiger partial charge on any atom is 0.125 e. The van der Waals surface area contributed by atoms with Crippen molar-refractivity contribution >= 4 is 33.1 Å². The largest absolute Gasteiger partial charge is 0.384 e. The Kier molecular flexibility index (Phi) is 2.84. The number of thiophene rings is 1. The van der Waals surface area contributed by atoms with Crippen LogP contribution < -0.4 is 5.73 Å². The van der Waals surface area contributed by atoms with Crippen LogP contribution in [0.5, 0.6) is 0 Å². The molecule has 2 aromatic heterocycles. The maximum atomic E-state index is 5.95. The minimum absolute atomic E-state index is 0.759. The van der Waals surface area contributed by atoms with Gasteiger partial charge in [-0.3, -0.25) is 4.68 Å². The Bertz CT molecular complexity index is 487. The molecule has 2 N–H and O–H groups in total. The van der Waals surface area contributed by atoms with E-state index >= 15 is 0 Å². The standard InChI is InChI=1S/C10H12BrN3S/c1-3-7-9(13-14(2)10(7)12)6-4-8(11)15-5-6/h4-5H,3,12H2,1-2H3. The first-order valence-electron chi connectivity index (χ1n) is 4.69. The van der Waals surface area contributed by atoms with Crippen molar-refractivity contribution in [2.24, 2.45) is 7.05 Å². The normalized spacial score (nSPS) is 10.9. The van der Waals surface area contributed by atoms with Crippen LogP contribution in [0.1, 0.15) is 12.5 Å². The van der Waals surface area contributed by atoms with E-state index in [4.69, 9.17) is 5.73 Å². The summed E-state index contributed by atoms with van der Waals surface area (Å²) in [7, 11) is 1.87. The van der Waals surface area contributed by atoms with Crippen LogP contribution >= 0.6 is 27.3 Å². The number of nitrogens with two attached hydrogens (primary N) is 1. The number of nitrogen functional groups attached to an aromatic ring is 1. The van der Waals surface area contributed by atoms with Gasteiger partial charge >= 0.3 is 0 Å². The fourth-order valence-electron chi connectivity index (χ4n) is 1.60. The van der Waals surface area contributed by atoms with Gasteiger partial charge in [0.15, 0.2) is 0 Å². The van der Waals surface area contributed by atoms with Crippen LogP contribution in [0.15, 0.2) is 15.2 Å². The first-order valence-corrected chi connectivity index (χ1v) is 6.36. The fraction of sp³-hybridized carbons (Fsp3) is 0.300. The zero-order valence-electron chi connectivity index (χ0n) is 8.62. The molecule has 5 heteroatoms. The van der Waals surface area contributed by atoms with Crippen LogP contribution in [-0.2, 0) is 13.5 Å². The van der Waals surface area contributed by atoms with E-state index in [9.17, 15) is 0 Å². The highest BCUT2D eigenvalue weighted by Gasteiger charge is 2.14. The number of anilines is 1. The molecule has 3 nitrogen and oxygen atoms in total. The molecule has 0 amide bonds. The number of aryl methyl sites for hydroxylation is 1. The third kappa shape index (κ3) is 1.81. The van der Waals surface area contributed by atoms with Gasteiger partial charge in [0, 0.05) is 23.6 Å². The molecule has 15 heavy (non-hydrogen) atoms. The molecule has 0 aliphatic carbocycles. The lowest BCUT2D eigenvalue weighted by molar-refractivity contribution is 0.782. The van der Waals surface area contributed by atoms with E-state index < -0.39 is 0 Å². The molecule has 0 atom stereocenters. The third-order valence-electron chi connectivity index (χ3n) is 2.39. The van der Waals surface area contributed by atoms with Crippen LogP contribution in [0.3, 0.4) is 0 Å². The zero-order chi connectivity index (χ0) is 11.0. The average Bonchev–Trinajstić information content (AvgIpc) is 2.73. The van der Waals surface area contributed by atoms with Gasteiger partial charge in [-0.25, -0.2) is 0 Å². The van der Waals surface area contributed by atoms with Gasteiger partial charge in [-0.1, -0.05) is 6.92 Å². The second kappa shape index (κ2) is 3.98. The lowest BCUT2D eigenvalue weighted by atomic mass is 10.1. The predicted octanol–water partition coefficient (Wildman–Crippen LogP) is 3.06. The number of halogens is 1. The van der Waals surface area contributed by atoms with Crippen molar-refractivity contribution in [3.8, 4) is 11.3 Å². The van der Waals surface area contributed by atoms with Crippen LogP contribution in [0.2, 0.25) is 0 Å². The molecule has 0 saturated carbocycles. The van der Waals surface area contributed by atoms with Crippen molar-refractivity contribution < 1.29 is 0 Å². The molecule has 0 aromatic carbocycles. The van der Waals surface area contributed by atoms with Gasteiger partial charge in [-0.2, -0.15) is 5.10 Å². The first kappa shape index (κ1) is 10.7. The molecule has 80 valence electrons. The van der Waals surface area contributed by atoms with E-state index in [2.05, 4.69) is 39.4 Å². The van der Waals surface area contributed by atoms with Crippen molar-refractivity contribution in [2.45, 2.75) is 13.3 Å². The fourth-order valence-corrected chi connectivity index (χ4v) is 2.74. The van der Waals surface area contributed by atoms with Crippen LogP contribution in [0.25, 0.3) is 11.3 Å². The summed E-state index contributed by atoms with van der Waals surface area (Å²) in [5, 5.41) is 6.53. The van der Waals surface area contributed by atoms with Crippen LogP contribution in [0.4, 0.5) is 5.82 Å². The van der Waals surface area contributed by atoms with Gasteiger partial charge in [-0.05, 0) is 28.4 Å². The summed E-state index contributed by atoms with van der Waals surface area (Å²) in [5.74, 6) is 0.759. The van der Waals surface area contributed by atoms with Gasteiger partial charge in [0.2, 0.25) is 0 Å². The van der Waals surface area contributed by atoms with Crippen molar-refractivity contribution in [3.05, 3.63) is 20.8 Å². The Balaban J connectivity index is 2.57. The molecule has 0 aliphatic heterocycles. The van der Waals surface area contributed by atoms with Crippen LogP contribution in [0, 0.1) is 0 Å². The number of aromatic nitrogens is 2. The molecule has 2 aromatic rings. The SMILES string of the molecule is CCc1c(-c2csc(Br)c2)nn(C)c1N. The predicted molar refractivity (Wildman–Crippen MR) is 68.0 cm³/mol. The molecule has 2 heterocycles. The summed E-state index contributed by atoms with van der Waals surface area (Å²) >= 11 is 5.11. The second-order valence-electron chi connectivity index (χ2n) is 3.33. The Labute approximate surface area is 101 Å².